The molecule has 4 aromatic carbocycles. The number of benzene rings is 4. The van der Waals surface area contributed by atoms with Crippen LogP contribution >= 0.6 is 0 Å². The van der Waals surface area contributed by atoms with Crippen LogP contribution in [0.1, 0.15) is 99.1 Å². The molecule has 2 N–H and O–H groups in total. The number of amides is 4. The number of ether oxygens (including phenoxy) is 2. The summed E-state index contributed by atoms with van der Waals surface area (Å²) in [7, 11) is 0. The molecule has 0 bridgehead atoms. The van der Waals surface area contributed by atoms with Gasteiger partial charge in [0, 0.05) is 47.6 Å². The van der Waals surface area contributed by atoms with Crippen molar-refractivity contribution in [3.05, 3.63) is 132 Å². The normalized spacial score (nSPS) is 16.5. The van der Waals surface area contributed by atoms with Crippen molar-refractivity contribution in [2.45, 2.75) is 90.5 Å². The zero-order valence-corrected chi connectivity index (χ0v) is 38.0. The number of anilines is 2. The summed E-state index contributed by atoms with van der Waals surface area (Å²) in [6.45, 7) is 11.5. The lowest BCUT2D eigenvalue weighted by atomic mass is 10.1. The molecule has 0 aliphatic carbocycles. The smallest absolute Gasteiger partial charge is 0.419 e. The Morgan fingerprint density at radius 3 is 1.26 bits per heavy atom. The minimum absolute atomic E-state index is 0.289. The fraction of sp³-hybridized carbons (Fsp3) is 0.308. The maximum absolute atomic E-state index is 14.0. The van der Waals surface area contributed by atoms with Gasteiger partial charge >= 0.3 is 12.2 Å². The van der Waals surface area contributed by atoms with Crippen molar-refractivity contribution < 1.29 is 38.2 Å². The van der Waals surface area contributed by atoms with E-state index in [1.165, 1.54) is 21.5 Å². The maximum Gasteiger partial charge on any atom is 0.419 e. The third kappa shape index (κ3) is 9.77. The van der Waals surface area contributed by atoms with E-state index < -0.39 is 35.5 Å². The molecule has 14 nitrogen and oxygen atoms in total. The van der Waals surface area contributed by atoms with E-state index in [0.29, 0.717) is 83.1 Å². The zero-order valence-electron chi connectivity index (χ0n) is 38.0. The van der Waals surface area contributed by atoms with Crippen LogP contribution < -0.4 is 10.6 Å². The summed E-state index contributed by atoms with van der Waals surface area (Å²) in [6.07, 6.45) is 8.06. The van der Waals surface area contributed by atoms with E-state index in [9.17, 15) is 28.8 Å². The largest absolute Gasteiger partial charge is 0.443 e. The van der Waals surface area contributed by atoms with Crippen molar-refractivity contribution in [2.75, 3.05) is 23.7 Å². The van der Waals surface area contributed by atoms with Crippen molar-refractivity contribution >= 4 is 81.1 Å². The van der Waals surface area contributed by atoms with Gasteiger partial charge in [-0.2, -0.15) is 0 Å². The summed E-state index contributed by atoms with van der Waals surface area (Å²) in [5.41, 5.74) is 3.29. The highest BCUT2D eigenvalue weighted by molar-refractivity contribution is 6.12. The molecule has 0 radical (unpaired) electrons. The molecule has 0 saturated carbocycles. The molecule has 2 fully saturated rings. The van der Waals surface area contributed by atoms with Crippen LogP contribution in [0.3, 0.4) is 0 Å². The van der Waals surface area contributed by atoms with Crippen LogP contribution in [-0.4, -0.2) is 91.1 Å². The van der Waals surface area contributed by atoms with E-state index in [1.807, 2.05) is 60.7 Å². The number of likely N-dealkylation sites (tertiary alicyclic amines) is 2. The van der Waals surface area contributed by atoms with E-state index in [1.54, 1.807) is 99.9 Å². The highest BCUT2D eigenvalue weighted by Gasteiger charge is 2.38. The van der Waals surface area contributed by atoms with Crippen molar-refractivity contribution in [3.8, 4) is 0 Å². The fourth-order valence-corrected chi connectivity index (χ4v) is 8.50. The minimum atomic E-state index is -0.721. The Morgan fingerprint density at radius 1 is 0.530 bits per heavy atom. The molecule has 2 aliphatic rings. The summed E-state index contributed by atoms with van der Waals surface area (Å²) in [4.78, 5) is 84.5. The Hall–Kier alpha value is -7.48. The molecule has 2 aromatic heterocycles. The van der Waals surface area contributed by atoms with Crippen LogP contribution in [0.15, 0.2) is 109 Å². The number of fused-ring (bicyclic) bond motifs is 2. The lowest BCUT2D eigenvalue weighted by molar-refractivity contribution is -0.120. The molecule has 0 unspecified atom stereocenters. The number of hydrogen-bond acceptors (Lipinski definition) is 8. The SMILES string of the molecule is CC(C)(C)OC(=O)n1cc(C(=O)N2CCC[C@H]2C(=O)Nc2ccc(C=Cc3ccc(NC(=O)[C@@H]4CCCN4C(=O)c4cn(C(=O)OC(C)(C)C)c5ccccc45)cc3)cc2)c2ccccc21. The van der Waals surface area contributed by atoms with Gasteiger partial charge in [-0.05, 0) is 115 Å². The van der Waals surface area contributed by atoms with Crippen molar-refractivity contribution in [2.24, 2.45) is 0 Å². The first-order chi connectivity index (χ1) is 31.4. The molecule has 0 spiro atoms. The highest BCUT2D eigenvalue weighted by Crippen LogP contribution is 2.30. The third-order valence-electron chi connectivity index (χ3n) is 11.5. The van der Waals surface area contributed by atoms with Crippen molar-refractivity contribution in [1.29, 1.82) is 0 Å². The second-order valence-electron chi connectivity index (χ2n) is 18.7. The van der Waals surface area contributed by atoms with Crippen LogP contribution in [-0.2, 0) is 19.1 Å². The van der Waals surface area contributed by atoms with Crippen LogP contribution in [0.5, 0.6) is 0 Å². The average molecular weight is 891 g/mol. The summed E-state index contributed by atoms with van der Waals surface area (Å²) in [5, 5.41) is 7.16. The Labute approximate surface area is 383 Å². The number of carbonyl (C=O) groups is 6. The number of carbonyl (C=O) groups excluding carboxylic acids is 6. The van der Waals surface area contributed by atoms with Gasteiger partial charge in [-0.25, -0.2) is 9.59 Å². The lowest BCUT2D eigenvalue weighted by Gasteiger charge is -2.24. The summed E-state index contributed by atoms with van der Waals surface area (Å²) < 4.78 is 13.9. The number of hydrogen-bond donors (Lipinski definition) is 2. The summed E-state index contributed by atoms with van der Waals surface area (Å²) >= 11 is 0. The predicted molar refractivity (Wildman–Crippen MR) is 254 cm³/mol. The lowest BCUT2D eigenvalue weighted by Crippen LogP contribution is -2.43. The monoisotopic (exact) mass is 890 g/mol. The molecule has 4 amide bonds. The van der Waals surface area contributed by atoms with Crippen LogP contribution in [0.25, 0.3) is 34.0 Å². The van der Waals surface area contributed by atoms with Gasteiger partial charge in [-0.15, -0.1) is 0 Å². The van der Waals surface area contributed by atoms with Gasteiger partial charge in [0.15, 0.2) is 0 Å². The van der Waals surface area contributed by atoms with E-state index in [2.05, 4.69) is 10.6 Å². The van der Waals surface area contributed by atoms with Gasteiger partial charge in [-0.3, -0.25) is 28.3 Å². The minimum Gasteiger partial charge on any atom is -0.443 e. The number of para-hydroxylation sites is 2. The summed E-state index contributed by atoms with van der Waals surface area (Å²) in [6, 6.07) is 27.7. The summed E-state index contributed by atoms with van der Waals surface area (Å²) in [5.74, 6) is -1.23. The number of aromatic nitrogens is 2. The molecular weight excluding hydrogens is 837 g/mol. The first-order valence-electron chi connectivity index (χ1n) is 22.2. The van der Waals surface area contributed by atoms with Crippen LogP contribution in [0.4, 0.5) is 21.0 Å². The first kappa shape index (κ1) is 45.1. The molecule has 6 aromatic rings. The van der Waals surface area contributed by atoms with E-state index in [4.69, 9.17) is 9.47 Å². The van der Waals surface area contributed by atoms with Gasteiger partial charge < -0.3 is 29.9 Å². The standard InChI is InChI=1S/C52H54N6O8/c1-51(2,3)65-49(63)57-31-39(37-13-7-9-15-41(37)57)47(61)55-29-11-17-43(55)45(59)53-35-25-21-33(22-26-35)19-20-34-23-27-36(28-24-34)54-46(60)44-18-12-30-56(44)48(62)40-32-58(50(64)66-52(4,5)6)42-16-10-8-14-38(40)42/h7-10,13-16,19-28,31-32,43-44H,11-12,17-18,29-30H2,1-6H3,(H,53,59)(H,54,60)/t43-,44-/m0/s1. The van der Waals surface area contributed by atoms with E-state index >= 15 is 0 Å². The Balaban J connectivity index is 0.866. The van der Waals surface area contributed by atoms with E-state index in [-0.39, 0.29) is 23.6 Å². The molecule has 2 aliphatic heterocycles. The number of nitrogens with zero attached hydrogens (tertiary/aromatic N) is 4. The van der Waals surface area contributed by atoms with Crippen LogP contribution in [0.2, 0.25) is 0 Å². The van der Waals surface area contributed by atoms with Gasteiger partial charge in [-0.1, -0.05) is 72.8 Å². The molecule has 340 valence electrons. The van der Waals surface area contributed by atoms with Crippen molar-refractivity contribution in [3.63, 3.8) is 0 Å². The number of rotatable bonds is 8. The second kappa shape index (κ2) is 18.2. The van der Waals surface area contributed by atoms with Crippen molar-refractivity contribution in [1.82, 2.24) is 18.9 Å². The molecule has 2 saturated heterocycles. The first-order valence-corrected chi connectivity index (χ1v) is 22.2. The fourth-order valence-electron chi connectivity index (χ4n) is 8.50. The van der Waals surface area contributed by atoms with Gasteiger partial charge in [0.05, 0.1) is 22.2 Å². The highest BCUT2D eigenvalue weighted by atomic mass is 16.6. The topological polar surface area (TPSA) is 161 Å². The Morgan fingerprint density at radius 2 is 0.894 bits per heavy atom. The van der Waals surface area contributed by atoms with Gasteiger partial charge in [0.1, 0.15) is 23.3 Å². The van der Waals surface area contributed by atoms with E-state index in [0.717, 1.165) is 11.1 Å². The zero-order chi connectivity index (χ0) is 46.9. The molecule has 2 atom stereocenters. The Kier molecular flexibility index (Phi) is 12.4. The van der Waals surface area contributed by atoms with Gasteiger partial charge in [0.2, 0.25) is 11.8 Å². The van der Waals surface area contributed by atoms with Crippen LogP contribution in [0, 0.1) is 0 Å². The molecular formula is C52H54N6O8. The molecule has 66 heavy (non-hydrogen) atoms. The quantitative estimate of drug-likeness (QED) is 0.143. The number of nitrogens with one attached hydrogen (secondary N) is 2. The molecule has 4 heterocycles. The average Bonchev–Trinajstić information content (AvgIpc) is 4.10. The third-order valence-corrected chi connectivity index (χ3v) is 11.5. The predicted octanol–water partition coefficient (Wildman–Crippen LogP) is 9.82. The second-order valence-corrected chi connectivity index (χ2v) is 18.7. The Bertz CT molecular complexity index is 2680. The maximum atomic E-state index is 14.0. The van der Waals surface area contributed by atoms with Gasteiger partial charge in [0.25, 0.3) is 11.8 Å². The molecule has 8 rings (SSSR count). The molecule has 14 heteroatoms.